The molecule has 86 valence electrons. The fourth-order valence-corrected chi connectivity index (χ4v) is 2.05. The van der Waals surface area contributed by atoms with E-state index in [0.29, 0.717) is 0 Å². The van der Waals surface area contributed by atoms with Crippen LogP contribution in [-0.2, 0) is 9.59 Å². The van der Waals surface area contributed by atoms with Gasteiger partial charge in [-0.05, 0) is 26.7 Å². The number of carboxylic acids is 1. The van der Waals surface area contributed by atoms with Crippen LogP contribution in [0.5, 0.6) is 0 Å². The molecule has 2 N–H and O–H groups in total. The van der Waals surface area contributed by atoms with E-state index in [1.165, 1.54) is 0 Å². The average Bonchev–Trinajstić information content (AvgIpc) is 2.50. The van der Waals surface area contributed by atoms with Crippen molar-refractivity contribution in [2.75, 3.05) is 0 Å². The van der Waals surface area contributed by atoms with Gasteiger partial charge in [-0.15, -0.1) is 0 Å². The van der Waals surface area contributed by atoms with E-state index < -0.39 is 11.5 Å². The van der Waals surface area contributed by atoms with Crippen LogP contribution < -0.4 is 5.32 Å². The van der Waals surface area contributed by atoms with E-state index in [1.54, 1.807) is 13.8 Å². The molecule has 0 saturated heterocycles. The van der Waals surface area contributed by atoms with Crippen LogP contribution in [0.4, 0.5) is 0 Å². The first kappa shape index (κ1) is 12.0. The highest BCUT2D eigenvalue weighted by atomic mass is 16.4. The Morgan fingerprint density at radius 2 is 1.87 bits per heavy atom. The van der Waals surface area contributed by atoms with Gasteiger partial charge in [-0.2, -0.15) is 0 Å². The molecule has 0 radical (unpaired) electrons. The molecule has 4 heteroatoms. The van der Waals surface area contributed by atoms with Crippen LogP contribution in [0.3, 0.4) is 0 Å². The smallest absolute Gasteiger partial charge is 0.305 e. The monoisotopic (exact) mass is 213 g/mol. The van der Waals surface area contributed by atoms with Crippen molar-refractivity contribution in [2.24, 2.45) is 5.92 Å². The molecule has 0 aromatic carbocycles. The largest absolute Gasteiger partial charge is 0.481 e. The van der Waals surface area contributed by atoms with Gasteiger partial charge in [0, 0.05) is 11.5 Å². The zero-order chi connectivity index (χ0) is 11.5. The van der Waals surface area contributed by atoms with E-state index in [-0.39, 0.29) is 18.2 Å². The second-order valence-corrected chi connectivity index (χ2v) is 4.93. The standard InChI is InChI=1S/C11H19NO3/c1-11(2,7-9(13)14)12-10(15)8-5-3-4-6-8/h8H,3-7H2,1-2H3,(H,12,15)(H,13,14). The predicted molar refractivity (Wildman–Crippen MR) is 56.4 cm³/mol. The Balaban J connectivity index is 2.44. The third-order valence-corrected chi connectivity index (χ3v) is 2.78. The van der Waals surface area contributed by atoms with Crippen molar-refractivity contribution in [2.45, 2.75) is 51.5 Å². The van der Waals surface area contributed by atoms with Gasteiger partial charge in [-0.3, -0.25) is 9.59 Å². The number of amides is 1. The van der Waals surface area contributed by atoms with Crippen molar-refractivity contribution in [1.29, 1.82) is 0 Å². The molecule has 0 aromatic rings. The number of aliphatic carboxylic acids is 1. The molecule has 1 saturated carbocycles. The predicted octanol–water partition coefficient (Wildman–Crippen LogP) is 1.55. The lowest BCUT2D eigenvalue weighted by Crippen LogP contribution is -2.47. The Labute approximate surface area is 90.0 Å². The van der Waals surface area contributed by atoms with Crippen LogP contribution in [0, 0.1) is 5.92 Å². The lowest BCUT2D eigenvalue weighted by atomic mass is 9.98. The number of carbonyl (C=O) groups excluding carboxylic acids is 1. The molecule has 0 spiro atoms. The minimum atomic E-state index is -0.883. The molecule has 0 aromatic heterocycles. The molecular formula is C11H19NO3. The summed E-state index contributed by atoms with van der Waals surface area (Å²) in [6.07, 6.45) is 4.06. The number of carbonyl (C=O) groups is 2. The minimum Gasteiger partial charge on any atom is -0.481 e. The first-order valence-electron chi connectivity index (χ1n) is 5.44. The molecule has 1 fully saturated rings. The van der Waals surface area contributed by atoms with Gasteiger partial charge in [-0.1, -0.05) is 12.8 Å². The number of hydrogen-bond acceptors (Lipinski definition) is 2. The molecule has 1 aliphatic carbocycles. The molecule has 0 unspecified atom stereocenters. The molecule has 1 amide bonds. The average molecular weight is 213 g/mol. The highest BCUT2D eigenvalue weighted by molar-refractivity contribution is 5.80. The summed E-state index contributed by atoms with van der Waals surface area (Å²) in [5.41, 5.74) is -0.647. The Kier molecular flexibility index (Phi) is 3.72. The molecule has 0 heterocycles. The van der Waals surface area contributed by atoms with Gasteiger partial charge in [0.25, 0.3) is 0 Å². The maximum atomic E-state index is 11.7. The summed E-state index contributed by atoms with van der Waals surface area (Å²) in [4.78, 5) is 22.3. The van der Waals surface area contributed by atoms with Crippen LogP contribution >= 0.6 is 0 Å². The molecule has 0 bridgehead atoms. The summed E-state index contributed by atoms with van der Waals surface area (Å²) in [6.45, 7) is 3.49. The van der Waals surface area contributed by atoms with Crippen molar-refractivity contribution in [3.8, 4) is 0 Å². The van der Waals surface area contributed by atoms with Gasteiger partial charge >= 0.3 is 5.97 Å². The van der Waals surface area contributed by atoms with Gasteiger partial charge < -0.3 is 10.4 Å². The quantitative estimate of drug-likeness (QED) is 0.744. The van der Waals surface area contributed by atoms with Crippen molar-refractivity contribution < 1.29 is 14.7 Å². The lowest BCUT2D eigenvalue weighted by molar-refractivity contribution is -0.138. The van der Waals surface area contributed by atoms with Gasteiger partial charge in [0.05, 0.1) is 6.42 Å². The molecule has 1 aliphatic rings. The summed E-state index contributed by atoms with van der Waals surface area (Å²) < 4.78 is 0. The second-order valence-electron chi connectivity index (χ2n) is 4.93. The Morgan fingerprint density at radius 1 is 1.33 bits per heavy atom. The maximum Gasteiger partial charge on any atom is 0.305 e. The molecule has 4 nitrogen and oxygen atoms in total. The van der Waals surface area contributed by atoms with Gasteiger partial charge in [0.2, 0.25) is 5.91 Å². The summed E-state index contributed by atoms with van der Waals surface area (Å²) in [6, 6.07) is 0. The third-order valence-electron chi connectivity index (χ3n) is 2.78. The zero-order valence-electron chi connectivity index (χ0n) is 9.38. The molecule has 0 aliphatic heterocycles. The highest BCUT2D eigenvalue weighted by Crippen LogP contribution is 2.25. The molecular weight excluding hydrogens is 194 g/mol. The molecule has 1 rings (SSSR count). The summed E-state index contributed by atoms with van der Waals surface area (Å²) >= 11 is 0. The molecule has 0 atom stereocenters. The summed E-state index contributed by atoms with van der Waals surface area (Å²) in [7, 11) is 0. The highest BCUT2D eigenvalue weighted by Gasteiger charge is 2.29. The fraction of sp³-hybridized carbons (Fsp3) is 0.818. The zero-order valence-corrected chi connectivity index (χ0v) is 9.38. The van der Waals surface area contributed by atoms with Crippen LogP contribution in [0.15, 0.2) is 0 Å². The van der Waals surface area contributed by atoms with Gasteiger partial charge in [-0.25, -0.2) is 0 Å². The van der Waals surface area contributed by atoms with Crippen molar-refractivity contribution in [1.82, 2.24) is 5.32 Å². The molecule has 15 heavy (non-hydrogen) atoms. The van der Waals surface area contributed by atoms with Crippen LogP contribution in [0.2, 0.25) is 0 Å². The number of nitrogens with one attached hydrogen (secondary N) is 1. The van der Waals surface area contributed by atoms with Crippen LogP contribution in [0.25, 0.3) is 0 Å². The van der Waals surface area contributed by atoms with E-state index in [1.807, 2.05) is 0 Å². The van der Waals surface area contributed by atoms with Crippen LogP contribution in [0.1, 0.15) is 46.0 Å². The Morgan fingerprint density at radius 3 is 2.33 bits per heavy atom. The first-order chi connectivity index (χ1) is 6.91. The van der Waals surface area contributed by atoms with Crippen molar-refractivity contribution in [3.63, 3.8) is 0 Å². The Hall–Kier alpha value is -1.06. The minimum absolute atomic E-state index is 0.0127. The Bertz CT molecular complexity index is 255. The third kappa shape index (κ3) is 3.90. The number of hydrogen-bond donors (Lipinski definition) is 2. The van der Waals surface area contributed by atoms with E-state index in [0.717, 1.165) is 25.7 Å². The van der Waals surface area contributed by atoms with E-state index in [4.69, 9.17) is 5.11 Å². The maximum absolute atomic E-state index is 11.7. The van der Waals surface area contributed by atoms with E-state index in [9.17, 15) is 9.59 Å². The first-order valence-corrected chi connectivity index (χ1v) is 5.44. The van der Waals surface area contributed by atoms with E-state index >= 15 is 0 Å². The topological polar surface area (TPSA) is 66.4 Å². The fourth-order valence-electron chi connectivity index (χ4n) is 2.05. The summed E-state index contributed by atoms with van der Waals surface area (Å²) in [5, 5.41) is 11.5. The van der Waals surface area contributed by atoms with Gasteiger partial charge in [0.15, 0.2) is 0 Å². The summed E-state index contributed by atoms with van der Waals surface area (Å²) in [5.74, 6) is -0.774. The normalized spacial score (nSPS) is 17.7. The SMILES string of the molecule is CC(C)(CC(=O)O)NC(=O)C1CCCC1. The number of carboxylic acid groups (broad SMARTS) is 1. The lowest BCUT2D eigenvalue weighted by Gasteiger charge is -2.26. The number of rotatable bonds is 4. The van der Waals surface area contributed by atoms with E-state index in [2.05, 4.69) is 5.32 Å². The van der Waals surface area contributed by atoms with Crippen LogP contribution in [-0.4, -0.2) is 22.5 Å². The second kappa shape index (κ2) is 4.64. The van der Waals surface area contributed by atoms with Crippen molar-refractivity contribution in [3.05, 3.63) is 0 Å². The van der Waals surface area contributed by atoms with Crippen molar-refractivity contribution >= 4 is 11.9 Å². The van der Waals surface area contributed by atoms with Gasteiger partial charge in [0.1, 0.15) is 0 Å².